The molecule has 0 atom stereocenters. The lowest BCUT2D eigenvalue weighted by Crippen LogP contribution is -2.43. The Hall–Kier alpha value is -2.74. The average Bonchev–Trinajstić information content (AvgIpc) is 3.12. The molecule has 1 aromatic heterocycles. The molecule has 0 spiro atoms. The summed E-state index contributed by atoms with van der Waals surface area (Å²) in [5, 5.41) is 0. The van der Waals surface area contributed by atoms with E-state index in [0.717, 1.165) is 4.90 Å². The minimum Gasteiger partial charge on any atom is -0.459 e. The Labute approximate surface area is 136 Å². The van der Waals surface area contributed by atoms with Crippen molar-refractivity contribution in [3.8, 4) is 0 Å². The normalized spacial score (nSPS) is 9.96. The van der Waals surface area contributed by atoms with E-state index < -0.39 is 24.4 Å². The van der Waals surface area contributed by atoms with Gasteiger partial charge in [0.15, 0.2) is 12.4 Å². The molecule has 0 aliphatic carbocycles. The molecule has 0 saturated carbocycles. The third kappa shape index (κ3) is 4.62. The van der Waals surface area contributed by atoms with Gasteiger partial charge >= 0.3 is 11.9 Å². The predicted octanol–water partition coefficient (Wildman–Crippen LogP) is 1.62. The number of amides is 2. The number of hydrogen-bond donors (Lipinski definition) is 2. The molecule has 2 N–H and O–H groups in total. The Balaban J connectivity index is 1.80. The van der Waals surface area contributed by atoms with Crippen molar-refractivity contribution in [1.82, 2.24) is 10.9 Å². The molecule has 0 radical (unpaired) electrons. The summed E-state index contributed by atoms with van der Waals surface area (Å²) < 4.78 is 9.77. The number of hydrazine groups is 1. The van der Waals surface area contributed by atoms with Crippen molar-refractivity contribution in [2.45, 2.75) is 4.90 Å². The molecule has 7 nitrogen and oxygen atoms in total. The fourth-order valence-electron chi connectivity index (χ4n) is 1.65. The van der Waals surface area contributed by atoms with Gasteiger partial charge in [0.2, 0.25) is 0 Å². The summed E-state index contributed by atoms with van der Waals surface area (Å²) in [5.74, 6) is -1.83. The molecule has 23 heavy (non-hydrogen) atoms. The Morgan fingerprint density at radius 3 is 2.61 bits per heavy atom. The fourth-order valence-corrected chi connectivity index (χ4v) is 2.24. The van der Waals surface area contributed by atoms with Crippen molar-refractivity contribution in [2.75, 3.05) is 12.9 Å². The molecule has 2 rings (SSSR count). The maximum Gasteiger partial charge on any atom is 0.339 e. The van der Waals surface area contributed by atoms with E-state index in [1.165, 1.54) is 24.1 Å². The monoisotopic (exact) mass is 334 g/mol. The van der Waals surface area contributed by atoms with Crippen LogP contribution in [0.1, 0.15) is 20.9 Å². The lowest BCUT2D eigenvalue weighted by atomic mass is 10.2. The summed E-state index contributed by atoms with van der Waals surface area (Å²) in [6.07, 6.45) is 3.17. The zero-order valence-electron chi connectivity index (χ0n) is 12.2. The highest BCUT2D eigenvalue weighted by molar-refractivity contribution is 7.98. The molecular weight excluding hydrogens is 320 g/mol. The molecule has 2 aromatic rings. The van der Waals surface area contributed by atoms with Crippen LogP contribution >= 0.6 is 11.8 Å². The number of carbonyl (C=O) groups is 3. The molecule has 0 aliphatic rings. The van der Waals surface area contributed by atoms with Gasteiger partial charge < -0.3 is 9.15 Å². The van der Waals surface area contributed by atoms with Gasteiger partial charge in [-0.1, -0.05) is 12.1 Å². The van der Waals surface area contributed by atoms with Gasteiger partial charge in [0.1, 0.15) is 0 Å². The van der Waals surface area contributed by atoms with Crippen LogP contribution in [-0.2, 0) is 9.53 Å². The molecular formula is C15H14N2O5S. The number of benzene rings is 1. The molecule has 120 valence electrons. The first-order valence-electron chi connectivity index (χ1n) is 6.54. The number of esters is 1. The molecule has 0 bridgehead atoms. The van der Waals surface area contributed by atoms with Gasteiger partial charge in [-0.3, -0.25) is 20.4 Å². The SMILES string of the molecule is CSc1ccccc1C(=O)OCC(=O)NNC(=O)c1ccco1. The van der Waals surface area contributed by atoms with Crippen LogP contribution in [-0.4, -0.2) is 30.6 Å². The maximum atomic E-state index is 11.9. The van der Waals surface area contributed by atoms with Crippen LogP contribution in [0, 0.1) is 0 Å². The van der Waals surface area contributed by atoms with Crippen LogP contribution in [0.5, 0.6) is 0 Å². The summed E-state index contributed by atoms with van der Waals surface area (Å²) in [5.41, 5.74) is 4.65. The Morgan fingerprint density at radius 2 is 1.91 bits per heavy atom. The van der Waals surface area contributed by atoms with Crippen LogP contribution in [0.25, 0.3) is 0 Å². The third-order valence-corrected chi connectivity index (χ3v) is 3.52. The number of hydrogen-bond acceptors (Lipinski definition) is 6. The van der Waals surface area contributed by atoms with Crippen molar-refractivity contribution in [1.29, 1.82) is 0 Å². The van der Waals surface area contributed by atoms with Crippen LogP contribution in [0.4, 0.5) is 0 Å². The maximum absolute atomic E-state index is 11.9. The summed E-state index contributed by atoms with van der Waals surface area (Å²) in [6, 6.07) is 9.90. The van der Waals surface area contributed by atoms with Crippen LogP contribution in [0.3, 0.4) is 0 Å². The van der Waals surface area contributed by atoms with Crippen molar-refractivity contribution in [3.63, 3.8) is 0 Å². The molecule has 1 aromatic carbocycles. The summed E-state index contributed by atoms with van der Waals surface area (Å²) in [6.45, 7) is -0.514. The van der Waals surface area contributed by atoms with Crippen molar-refractivity contribution < 1.29 is 23.5 Å². The quantitative estimate of drug-likeness (QED) is 0.490. The van der Waals surface area contributed by atoms with E-state index in [-0.39, 0.29) is 5.76 Å². The van der Waals surface area contributed by atoms with E-state index in [1.54, 1.807) is 30.3 Å². The Bertz CT molecular complexity index is 700. The topological polar surface area (TPSA) is 97.6 Å². The van der Waals surface area contributed by atoms with Gasteiger partial charge in [0.05, 0.1) is 11.8 Å². The van der Waals surface area contributed by atoms with Crippen LogP contribution in [0.15, 0.2) is 52.0 Å². The third-order valence-electron chi connectivity index (χ3n) is 2.72. The zero-order chi connectivity index (χ0) is 16.7. The van der Waals surface area contributed by atoms with Crippen molar-refractivity contribution in [2.24, 2.45) is 0 Å². The summed E-state index contributed by atoms with van der Waals surface area (Å²) in [7, 11) is 0. The van der Waals surface area contributed by atoms with Crippen LogP contribution in [0.2, 0.25) is 0 Å². The van der Waals surface area contributed by atoms with Gasteiger partial charge in [-0.15, -0.1) is 11.8 Å². The molecule has 0 unspecified atom stereocenters. The second kappa shape index (κ2) is 8.04. The van der Waals surface area contributed by atoms with E-state index >= 15 is 0 Å². The summed E-state index contributed by atoms with van der Waals surface area (Å²) >= 11 is 1.40. The fraction of sp³-hybridized carbons (Fsp3) is 0.133. The number of carbonyl (C=O) groups excluding carboxylic acids is 3. The lowest BCUT2D eigenvalue weighted by Gasteiger charge is -2.08. The van der Waals surface area contributed by atoms with E-state index in [1.807, 2.05) is 6.26 Å². The van der Waals surface area contributed by atoms with Crippen LogP contribution < -0.4 is 10.9 Å². The first kappa shape index (κ1) is 16.6. The second-order valence-electron chi connectivity index (χ2n) is 4.26. The smallest absolute Gasteiger partial charge is 0.339 e. The highest BCUT2D eigenvalue weighted by atomic mass is 32.2. The number of thioether (sulfide) groups is 1. The van der Waals surface area contributed by atoms with E-state index in [2.05, 4.69) is 10.9 Å². The number of ether oxygens (including phenoxy) is 1. The van der Waals surface area contributed by atoms with Gasteiger partial charge in [-0.25, -0.2) is 4.79 Å². The van der Waals surface area contributed by atoms with E-state index in [4.69, 9.17) is 9.15 Å². The predicted molar refractivity (Wildman–Crippen MR) is 82.8 cm³/mol. The minimum absolute atomic E-state index is 0.0520. The molecule has 8 heteroatoms. The lowest BCUT2D eigenvalue weighted by molar-refractivity contribution is -0.125. The highest BCUT2D eigenvalue weighted by Gasteiger charge is 2.14. The molecule has 0 saturated heterocycles. The number of nitrogens with one attached hydrogen (secondary N) is 2. The first-order valence-corrected chi connectivity index (χ1v) is 7.77. The van der Waals surface area contributed by atoms with Gasteiger partial charge in [0.25, 0.3) is 5.91 Å². The van der Waals surface area contributed by atoms with E-state index in [0.29, 0.717) is 5.56 Å². The Morgan fingerprint density at radius 1 is 1.13 bits per heavy atom. The van der Waals surface area contributed by atoms with Crippen molar-refractivity contribution >= 4 is 29.5 Å². The van der Waals surface area contributed by atoms with Gasteiger partial charge in [-0.05, 0) is 30.5 Å². The standard InChI is InChI=1S/C15H14N2O5S/c1-23-12-7-3-2-5-10(12)15(20)22-9-13(18)16-17-14(19)11-6-4-8-21-11/h2-8H,9H2,1H3,(H,16,18)(H,17,19). The molecule has 2 amide bonds. The van der Waals surface area contributed by atoms with Crippen molar-refractivity contribution in [3.05, 3.63) is 54.0 Å². The largest absolute Gasteiger partial charge is 0.459 e. The second-order valence-corrected chi connectivity index (χ2v) is 5.10. The highest BCUT2D eigenvalue weighted by Crippen LogP contribution is 2.20. The summed E-state index contributed by atoms with van der Waals surface area (Å²) in [4.78, 5) is 35.8. The van der Waals surface area contributed by atoms with Gasteiger partial charge in [-0.2, -0.15) is 0 Å². The molecule has 0 fully saturated rings. The van der Waals surface area contributed by atoms with E-state index in [9.17, 15) is 14.4 Å². The number of furan rings is 1. The number of rotatable bonds is 5. The van der Waals surface area contributed by atoms with Gasteiger partial charge in [0, 0.05) is 4.90 Å². The minimum atomic E-state index is -0.667. The first-order chi connectivity index (χ1) is 11.1. The molecule has 0 aliphatic heterocycles. The Kier molecular flexibility index (Phi) is 5.81. The molecule has 1 heterocycles. The average molecular weight is 334 g/mol. The zero-order valence-corrected chi connectivity index (χ0v) is 13.0.